The average Bonchev–Trinajstić information content (AvgIpc) is 3.87. The number of likely N-dealkylation sites (N-methyl/N-ethyl adjacent to an activating group) is 1. The van der Waals surface area contributed by atoms with Crippen molar-refractivity contribution in [1.29, 1.82) is 10.5 Å². The van der Waals surface area contributed by atoms with Crippen LogP contribution in [-0.2, 0) is 9.53 Å². The maximum absolute atomic E-state index is 15.0. The van der Waals surface area contributed by atoms with Crippen LogP contribution in [0.4, 0.5) is 19.6 Å². The number of thiophene rings is 1. The molecule has 0 spiro atoms. The van der Waals surface area contributed by atoms with Crippen molar-refractivity contribution in [2.75, 3.05) is 57.6 Å². The number of anilines is 2. The number of aromatic nitrogens is 2. The van der Waals surface area contributed by atoms with E-state index in [-0.39, 0.29) is 58.0 Å². The summed E-state index contributed by atoms with van der Waals surface area (Å²) in [4.78, 5) is 28.3. The standard InChI is InChI=1S/C36H36F2N8O3S/c1-4-30(47)46-11-8-28(29(46)18-48-3)44(2)34-24-12-20(15-39)23(22-6-7-26(38)32-31(22)25(16-40)33(41)50-32)13-27(24)42-35(43-34)49-19-36-9-5-10-45(36)17-21(37)14-36/h4,6-7,12-13,21,28-29H,1,5,8-11,14,17-19,41H2,2-3H3/t21-,28-,29-,36+/m1/s1. The number of nitrogen functional groups attached to an aromatic ring is 1. The van der Waals surface area contributed by atoms with Crippen molar-refractivity contribution in [3.05, 3.63) is 53.9 Å². The molecular weight excluding hydrogens is 663 g/mol. The van der Waals surface area contributed by atoms with Gasteiger partial charge in [-0.3, -0.25) is 9.69 Å². The van der Waals surface area contributed by atoms with E-state index in [0.717, 1.165) is 30.7 Å². The molecule has 5 heterocycles. The number of benzene rings is 2. The summed E-state index contributed by atoms with van der Waals surface area (Å²) >= 11 is 0.982. The highest BCUT2D eigenvalue weighted by Crippen LogP contribution is 2.44. The third-order valence-corrected chi connectivity index (χ3v) is 11.5. The third kappa shape index (κ3) is 5.48. The number of amides is 1. The molecule has 4 atom stereocenters. The summed E-state index contributed by atoms with van der Waals surface area (Å²) in [5.74, 6) is -0.239. The SMILES string of the molecule is C=CC(=O)N1CC[C@@H](N(C)c2nc(OC[C@@]34CCCN3C[C@H](F)C4)nc3cc(-c4ccc(F)c5sc(N)c(C#N)c45)c(C#N)cc23)[C@H]1COC. The Morgan fingerprint density at radius 2 is 2.08 bits per heavy atom. The highest BCUT2D eigenvalue weighted by atomic mass is 32.1. The zero-order valence-electron chi connectivity index (χ0n) is 27.8. The van der Waals surface area contributed by atoms with Crippen LogP contribution < -0.4 is 15.4 Å². The number of carbonyl (C=O) groups excluding carboxylic acids is 1. The molecule has 0 saturated carbocycles. The third-order valence-electron chi connectivity index (χ3n) is 10.5. The number of fused-ring (bicyclic) bond motifs is 3. The summed E-state index contributed by atoms with van der Waals surface area (Å²) in [5, 5.41) is 21.5. The number of ether oxygens (including phenoxy) is 2. The first-order valence-corrected chi connectivity index (χ1v) is 17.3. The first-order valence-electron chi connectivity index (χ1n) is 16.5. The molecule has 3 aliphatic heterocycles. The number of methoxy groups -OCH3 is 1. The van der Waals surface area contributed by atoms with Crippen LogP contribution in [-0.4, -0.2) is 96.5 Å². The van der Waals surface area contributed by atoms with Crippen LogP contribution in [0.15, 0.2) is 36.9 Å². The number of hydrogen-bond donors (Lipinski definition) is 1. The van der Waals surface area contributed by atoms with Gasteiger partial charge in [-0.25, -0.2) is 8.78 Å². The molecule has 258 valence electrons. The number of alkyl halides is 1. The molecule has 11 nitrogen and oxygen atoms in total. The van der Waals surface area contributed by atoms with Gasteiger partial charge in [0.2, 0.25) is 5.91 Å². The van der Waals surface area contributed by atoms with E-state index in [2.05, 4.69) is 23.6 Å². The highest BCUT2D eigenvalue weighted by molar-refractivity contribution is 7.23. The predicted molar refractivity (Wildman–Crippen MR) is 187 cm³/mol. The minimum atomic E-state index is -0.927. The Hall–Kier alpha value is -4.89. The van der Waals surface area contributed by atoms with Gasteiger partial charge in [0.05, 0.1) is 51.6 Å². The van der Waals surface area contributed by atoms with Crippen LogP contribution >= 0.6 is 11.3 Å². The zero-order valence-corrected chi connectivity index (χ0v) is 28.6. The molecule has 7 rings (SSSR count). The number of nitrogens with zero attached hydrogens (tertiary/aromatic N) is 7. The smallest absolute Gasteiger partial charge is 0.319 e. The van der Waals surface area contributed by atoms with Crippen molar-refractivity contribution in [1.82, 2.24) is 19.8 Å². The zero-order chi connectivity index (χ0) is 35.3. The van der Waals surface area contributed by atoms with E-state index in [0.29, 0.717) is 59.2 Å². The highest BCUT2D eigenvalue weighted by Gasteiger charge is 2.49. The number of halogens is 2. The van der Waals surface area contributed by atoms with Crippen molar-refractivity contribution in [3.63, 3.8) is 0 Å². The largest absolute Gasteiger partial charge is 0.461 e. The molecule has 2 aromatic carbocycles. The average molecular weight is 699 g/mol. The van der Waals surface area contributed by atoms with Gasteiger partial charge in [-0.05, 0) is 55.6 Å². The minimum absolute atomic E-state index is 0.0839. The van der Waals surface area contributed by atoms with Crippen molar-refractivity contribution >= 4 is 49.1 Å². The Morgan fingerprint density at radius 1 is 1.26 bits per heavy atom. The number of nitriles is 2. The van der Waals surface area contributed by atoms with Gasteiger partial charge >= 0.3 is 6.01 Å². The number of likely N-dealkylation sites (tertiary alicyclic amines) is 1. The summed E-state index contributed by atoms with van der Waals surface area (Å²) in [7, 11) is 3.46. The Kier molecular flexibility index (Phi) is 8.80. The molecule has 0 unspecified atom stereocenters. The molecule has 3 aliphatic rings. The fraction of sp³-hybridized carbons (Fsp3) is 0.417. The van der Waals surface area contributed by atoms with Gasteiger partial charge in [-0.15, -0.1) is 11.3 Å². The number of carbonyl (C=O) groups is 1. The van der Waals surface area contributed by atoms with E-state index in [1.54, 1.807) is 30.2 Å². The van der Waals surface area contributed by atoms with E-state index in [9.17, 15) is 24.1 Å². The van der Waals surface area contributed by atoms with Crippen molar-refractivity contribution in [2.45, 2.75) is 49.5 Å². The summed E-state index contributed by atoms with van der Waals surface area (Å²) in [6, 6.07) is 10.2. The summed E-state index contributed by atoms with van der Waals surface area (Å²) in [6.45, 7) is 5.83. The topological polar surface area (TPSA) is 145 Å². The Labute approximate surface area is 292 Å². The van der Waals surface area contributed by atoms with Gasteiger partial charge in [-0.1, -0.05) is 12.6 Å². The maximum atomic E-state index is 15.0. The van der Waals surface area contributed by atoms with E-state index >= 15 is 0 Å². The fourth-order valence-corrected chi connectivity index (χ4v) is 9.12. The van der Waals surface area contributed by atoms with E-state index in [1.165, 1.54) is 12.1 Å². The lowest BCUT2D eigenvalue weighted by atomic mass is 9.94. The van der Waals surface area contributed by atoms with E-state index in [4.69, 9.17) is 25.2 Å². The molecule has 3 saturated heterocycles. The quantitative estimate of drug-likeness (QED) is 0.233. The summed E-state index contributed by atoms with van der Waals surface area (Å²) < 4.78 is 41.7. The van der Waals surface area contributed by atoms with Crippen LogP contribution in [0.2, 0.25) is 0 Å². The molecule has 50 heavy (non-hydrogen) atoms. The molecule has 3 fully saturated rings. The predicted octanol–water partition coefficient (Wildman–Crippen LogP) is 5.17. The van der Waals surface area contributed by atoms with Gasteiger partial charge in [0.1, 0.15) is 35.5 Å². The Balaban J connectivity index is 1.38. The second-order valence-corrected chi connectivity index (χ2v) is 14.3. The van der Waals surface area contributed by atoms with Gasteiger partial charge in [0.25, 0.3) is 0 Å². The van der Waals surface area contributed by atoms with E-state index in [1.807, 2.05) is 11.9 Å². The van der Waals surface area contributed by atoms with Gasteiger partial charge < -0.3 is 25.0 Å². The normalized spacial score (nSPS) is 23.2. The first kappa shape index (κ1) is 33.6. The van der Waals surface area contributed by atoms with Crippen molar-refractivity contribution < 1.29 is 23.0 Å². The van der Waals surface area contributed by atoms with E-state index < -0.39 is 17.5 Å². The number of nitrogens with two attached hydrogens (primary N) is 1. The maximum Gasteiger partial charge on any atom is 0.319 e. The second kappa shape index (κ2) is 13.1. The summed E-state index contributed by atoms with van der Waals surface area (Å²) in [5.41, 5.74) is 7.44. The van der Waals surface area contributed by atoms with Crippen molar-refractivity contribution in [2.24, 2.45) is 0 Å². The molecular formula is C36H36F2N8O3S. The molecule has 0 bridgehead atoms. The lowest BCUT2D eigenvalue weighted by molar-refractivity contribution is -0.127. The molecule has 4 aromatic rings. The summed E-state index contributed by atoms with van der Waals surface area (Å²) in [6.07, 6.45) is 3.12. The lowest BCUT2D eigenvalue weighted by Gasteiger charge is -2.34. The van der Waals surface area contributed by atoms with Gasteiger partial charge in [-0.2, -0.15) is 20.5 Å². The number of rotatable bonds is 9. The number of hydrogen-bond acceptors (Lipinski definition) is 11. The lowest BCUT2D eigenvalue weighted by Crippen LogP contribution is -2.48. The van der Waals surface area contributed by atoms with Gasteiger partial charge in [0, 0.05) is 50.0 Å². The second-order valence-electron chi connectivity index (χ2n) is 13.2. The van der Waals surface area contributed by atoms with Crippen LogP contribution in [0.25, 0.3) is 32.1 Å². The molecule has 1 amide bonds. The Bertz CT molecular complexity index is 2110. The molecule has 14 heteroatoms. The van der Waals surface area contributed by atoms with Crippen LogP contribution in [0.1, 0.15) is 36.8 Å². The minimum Gasteiger partial charge on any atom is -0.461 e. The Morgan fingerprint density at radius 3 is 2.82 bits per heavy atom. The molecule has 2 N–H and O–H groups in total. The van der Waals surface area contributed by atoms with Crippen LogP contribution in [0.5, 0.6) is 6.01 Å². The van der Waals surface area contributed by atoms with Gasteiger partial charge in [0.15, 0.2) is 0 Å². The molecule has 0 aliphatic carbocycles. The van der Waals surface area contributed by atoms with Crippen LogP contribution in [0, 0.1) is 28.5 Å². The molecule has 2 aromatic heterocycles. The van der Waals surface area contributed by atoms with Crippen molar-refractivity contribution in [3.8, 4) is 29.3 Å². The fourth-order valence-electron chi connectivity index (χ4n) is 8.17. The monoisotopic (exact) mass is 698 g/mol. The first-order chi connectivity index (χ1) is 24.1. The van der Waals surface area contributed by atoms with Crippen LogP contribution in [0.3, 0.4) is 0 Å². The molecule has 0 radical (unpaired) electrons.